The number of nitrogen functional groups attached to an aromatic ring is 1. The molecule has 0 saturated heterocycles. The summed E-state index contributed by atoms with van der Waals surface area (Å²) in [6.45, 7) is 4.17. The molecule has 0 aliphatic carbocycles. The minimum Gasteiger partial charge on any atom is -0.396 e. The molecular formula is C18H18N4OS. The summed E-state index contributed by atoms with van der Waals surface area (Å²) in [6.07, 6.45) is 0. The first-order valence-electron chi connectivity index (χ1n) is 7.51. The summed E-state index contributed by atoms with van der Waals surface area (Å²) in [6, 6.07) is 12.0. The number of aliphatic hydroxyl groups excluding tert-OH is 1. The van der Waals surface area contributed by atoms with Crippen LogP contribution in [0.3, 0.4) is 0 Å². The van der Waals surface area contributed by atoms with Gasteiger partial charge in [0.25, 0.3) is 0 Å². The van der Waals surface area contributed by atoms with Gasteiger partial charge in [0.05, 0.1) is 12.2 Å². The van der Waals surface area contributed by atoms with E-state index in [4.69, 9.17) is 10.8 Å². The molecule has 0 radical (unpaired) electrons. The summed E-state index contributed by atoms with van der Waals surface area (Å²) in [5.74, 6) is 0.890. The summed E-state index contributed by atoms with van der Waals surface area (Å²) in [4.78, 5) is 4.17. The number of thioether (sulfide) groups is 1. The maximum atomic E-state index is 9.60. The number of nitrogens with zero attached hydrogens (tertiary/aromatic N) is 3. The zero-order valence-corrected chi connectivity index (χ0v) is 14.4. The number of hydrogen-bond donors (Lipinski definition) is 2. The highest BCUT2D eigenvalue weighted by molar-refractivity contribution is 7.99. The SMILES string of the molecule is CC(C)c1ccc(-c2c(C#N)c(N)nc(SCCO)c2C#N)cc1. The lowest BCUT2D eigenvalue weighted by atomic mass is 9.94. The number of benzene rings is 1. The molecule has 3 N–H and O–H groups in total. The Kier molecular flexibility index (Phi) is 5.81. The molecule has 0 amide bonds. The van der Waals surface area contributed by atoms with Crippen molar-refractivity contribution in [2.45, 2.75) is 24.8 Å². The van der Waals surface area contributed by atoms with E-state index in [1.165, 1.54) is 17.3 Å². The molecule has 0 aliphatic heterocycles. The van der Waals surface area contributed by atoms with Crippen LogP contribution in [0.25, 0.3) is 11.1 Å². The maximum Gasteiger partial charge on any atom is 0.143 e. The van der Waals surface area contributed by atoms with Crippen LogP contribution < -0.4 is 5.73 Å². The van der Waals surface area contributed by atoms with Crippen molar-refractivity contribution in [3.63, 3.8) is 0 Å². The number of aliphatic hydroxyl groups is 1. The third-order valence-corrected chi connectivity index (χ3v) is 4.57. The van der Waals surface area contributed by atoms with Crippen LogP contribution in [-0.2, 0) is 0 Å². The maximum absolute atomic E-state index is 9.60. The van der Waals surface area contributed by atoms with Crippen molar-refractivity contribution in [2.75, 3.05) is 18.1 Å². The summed E-state index contributed by atoms with van der Waals surface area (Å²) in [5, 5.41) is 28.5. The van der Waals surface area contributed by atoms with Crippen molar-refractivity contribution < 1.29 is 5.11 Å². The lowest BCUT2D eigenvalue weighted by molar-refractivity contribution is 0.322. The van der Waals surface area contributed by atoms with E-state index in [0.717, 1.165) is 5.56 Å². The van der Waals surface area contributed by atoms with E-state index in [1.807, 2.05) is 24.3 Å². The first-order valence-corrected chi connectivity index (χ1v) is 8.49. The van der Waals surface area contributed by atoms with Gasteiger partial charge in [-0.15, -0.1) is 11.8 Å². The average molecular weight is 338 g/mol. The van der Waals surface area contributed by atoms with Crippen molar-refractivity contribution >= 4 is 17.6 Å². The Hall–Kier alpha value is -2.54. The summed E-state index contributed by atoms with van der Waals surface area (Å²) >= 11 is 1.25. The summed E-state index contributed by atoms with van der Waals surface area (Å²) < 4.78 is 0. The molecule has 6 heteroatoms. The molecule has 0 fully saturated rings. The molecule has 1 aromatic heterocycles. The smallest absolute Gasteiger partial charge is 0.143 e. The third kappa shape index (κ3) is 3.51. The predicted octanol–water partition coefficient (Wildman–Crippen LogP) is 3.28. The van der Waals surface area contributed by atoms with Gasteiger partial charge in [-0.05, 0) is 17.0 Å². The second-order valence-corrected chi connectivity index (χ2v) is 6.58. The van der Waals surface area contributed by atoms with E-state index in [1.54, 1.807) is 0 Å². The van der Waals surface area contributed by atoms with E-state index < -0.39 is 0 Å². The Bertz CT molecular complexity index is 817. The molecule has 122 valence electrons. The van der Waals surface area contributed by atoms with Gasteiger partial charge >= 0.3 is 0 Å². The minimum atomic E-state index is -0.0322. The molecule has 0 bridgehead atoms. The van der Waals surface area contributed by atoms with E-state index >= 15 is 0 Å². The van der Waals surface area contributed by atoms with Gasteiger partial charge in [-0.3, -0.25) is 0 Å². The van der Waals surface area contributed by atoms with Crippen molar-refractivity contribution in [1.29, 1.82) is 10.5 Å². The number of anilines is 1. The van der Waals surface area contributed by atoms with Crippen LogP contribution in [0, 0.1) is 22.7 Å². The van der Waals surface area contributed by atoms with Crippen molar-refractivity contribution in [2.24, 2.45) is 0 Å². The second kappa shape index (κ2) is 7.83. The molecule has 0 unspecified atom stereocenters. The summed E-state index contributed by atoms with van der Waals surface area (Å²) in [5.41, 5.74) is 8.88. The molecule has 0 atom stereocenters. The molecule has 1 heterocycles. The second-order valence-electron chi connectivity index (χ2n) is 5.50. The summed E-state index contributed by atoms with van der Waals surface area (Å²) in [7, 11) is 0. The van der Waals surface area contributed by atoms with Gasteiger partial charge in [0.2, 0.25) is 0 Å². The van der Waals surface area contributed by atoms with Crippen LogP contribution in [0.15, 0.2) is 29.3 Å². The Labute approximate surface area is 145 Å². The van der Waals surface area contributed by atoms with E-state index in [0.29, 0.717) is 27.8 Å². The van der Waals surface area contributed by atoms with Crippen molar-refractivity contribution in [3.8, 4) is 23.3 Å². The van der Waals surface area contributed by atoms with Crippen molar-refractivity contribution in [3.05, 3.63) is 41.0 Å². The quantitative estimate of drug-likeness (QED) is 0.810. The fourth-order valence-electron chi connectivity index (χ4n) is 2.37. The van der Waals surface area contributed by atoms with Crippen LogP contribution >= 0.6 is 11.8 Å². The van der Waals surface area contributed by atoms with Crippen LogP contribution in [0.1, 0.15) is 36.5 Å². The van der Waals surface area contributed by atoms with E-state index in [2.05, 4.69) is 31.0 Å². The Morgan fingerprint density at radius 3 is 2.29 bits per heavy atom. The molecular weight excluding hydrogens is 320 g/mol. The fourth-order valence-corrected chi connectivity index (χ4v) is 3.11. The van der Waals surface area contributed by atoms with Gasteiger partial charge < -0.3 is 10.8 Å². The van der Waals surface area contributed by atoms with Gasteiger partial charge in [-0.2, -0.15) is 10.5 Å². The lowest BCUT2D eigenvalue weighted by Crippen LogP contribution is -2.04. The highest BCUT2D eigenvalue weighted by Gasteiger charge is 2.20. The number of hydrogen-bond acceptors (Lipinski definition) is 6. The Balaban J connectivity index is 2.68. The lowest BCUT2D eigenvalue weighted by Gasteiger charge is -2.13. The van der Waals surface area contributed by atoms with Gasteiger partial charge in [-0.1, -0.05) is 38.1 Å². The van der Waals surface area contributed by atoms with Crippen molar-refractivity contribution in [1.82, 2.24) is 4.98 Å². The topological polar surface area (TPSA) is 107 Å². The van der Waals surface area contributed by atoms with Gasteiger partial charge in [0.1, 0.15) is 28.5 Å². The van der Waals surface area contributed by atoms with Crippen LogP contribution in [0.5, 0.6) is 0 Å². The van der Waals surface area contributed by atoms with Gasteiger partial charge in [-0.25, -0.2) is 4.98 Å². The molecule has 5 nitrogen and oxygen atoms in total. The standard InChI is InChI=1S/C18H18N4OS/c1-11(2)12-3-5-13(6-4-12)16-14(9-19)17(21)22-18(15(16)10-20)24-8-7-23/h3-6,11,23H,7-8H2,1-2H3,(H2,21,22). The predicted molar refractivity (Wildman–Crippen MR) is 95.4 cm³/mol. The minimum absolute atomic E-state index is 0.0322. The monoisotopic (exact) mass is 338 g/mol. The number of rotatable bonds is 5. The van der Waals surface area contributed by atoms with E-state index in [9.17, 15) is 10.5 Å². The van der Waals surface area contributed by atoms with Crippen LogP contribution in [-0.4, -0.2) is 22.5 Å². The number of nitriles is 2. The molecule has 0 spiro atoms. The highest BCUT2D eigenvalue weighted by Crippen LogP contribution is 2.35. The highest BCUT2D eigenvalue weighted by atomic mass is 32.2. The molecule has 0 aliphatic rings. The zero-order valence-electron chi connectivity index (χ0n) is 13.6. The third-order valence-electron chi connectivity index (χ3n) is 3.61. The van der Waals surface area contributed by atoms with E-state index in [-0.39, 0.29) is 18.0 Å². The largest absolute Gasteiger partial charge is 0.396 e. The molecule has 24 heavy (non-hydrogen) atoms. The normalized spacial score (nSPS) is 10.4. The first-order chi connectivity index (χ1) is 11.5. The average Bonchev–Trinajstić information content (AvgIpc) is 2.59. The number of pyridine rings is 1. The molecule has 1 aromatic carbocycles. The molecule has 2 rings (SSSR count). The number of nitrogens with two attached hydrogens (primary N) is 1. The Morgan fingerprint density at radius 1 is 1.17 bits per heavy atom. The fraction of sp³-hybridized carbons (Fsp3) is 0.278. The van der Waals surface area contributed by atoms with Crippen LogP contribution in [0.2, 0.25) is 0 Å². The van der Waals surface area contributed by atoms with Gasteiger partial charge in [0.15, 0.2) is 0 Å². The Morgan fingerprint density at radius 2 is 1.79 bits per heavy atom. The number of aromatic nitrogens is 1. The van der Waals surface area contributed by atoms with Gasteiger partial charge in [0, 0.05) is 11.3 Å². The zero-order chi connectivity index (χ0) is 17.7. The molecule has 2 aromatic rings. The molecule has 0 saturated carbocycles. The van der Waals surface area contributed by atoms with Crippen LogP contribution in [0.4, 0.5) is 5.82 Å². The first kappa shape index (κ1) is 17.8.